The molecule has 3 aromatic rings. The molecular formula is C26H27ClFN5O4. The number of nitrogens with two attached hydrogens (primary N) is 1. The second-order valence-corrected chi connectivity index (χ2v) is 9.18. The molecule has 2 aromatic carbocycles. The Bertz CT molecular complexity index is 1310. The maximum atomic E-state index is 15.1. The van der Waals surface area contributed by atoms with Crippen molar-refractivity contribution in [1.82, 2.24) is 20.2 Å². The minimum atomic E-state index is -0.779. The lowest BCUT2D eigenvalue weighted by molar-refractivity contribution is 0.0912. The van der Waals surface area contributed by atoms with Crippen LogP contribution >= 0.6 is 11.6 Å². The maximum absolute atomic E-state index is 15.1. The van der Waals surface area contributed by atoms with Crippen molar-refractivity contribution in [2.45, 2.75) is 24.8 Å². The Morgan fingerprint density at radius 1 is 1.32 bits per heavy atom. The standard InChI is InChI=1S/C26H27ClFN5O4/c1-37-26(36)33-9-3-5-17(13-33)21-12-30-24(29)23(31-21)16-7-8-19(20(28)11-16)25(35)32-22(14-34)15-4-2-6-18(27)10-15/h2,4,6-8,10-12,17,22,34H,3,5,9,13-14H2,1H3,(H2,29,30)(H,32,35). The normalized spacial score (nSPS) is 16.2. The van der Waals surface area contributed by atoms with E-state index in [9.17, 15) is 14.7 Å². The van der Waals surface area contributed by atoms with Crippen LogP contribution in [-0.2, 0) is 4.74 Å². The number of piperidine rings is 1. The van der Waals surface area contributed by atoms with Crippen LogP contribution in [-0.4, -0.2) is 58.8 Å². The van der Waals surface area contributed by atoms with Crippen molar-refractivity contribution in [3.8, 4) is 11.3 Å². The van der Waals surface area contributed by atoms with Crippen molar-refractivity contribution in [2.75, 3.05) is 32.5 Å². The van der Waals surface area contributed by atoms with Gasteiger partial charge in [0.25, 0.3) is 5.91 Å². The molecule has 194 valence electrons. The van der Waals surface area contributed by atoms with E-state index < -0.39 is 23.9 Å². The summed E-state index contributed by atoms with van der Waals surface area (Å²) in [6, 6.07) is 9.98. The zero-order chi connectivity index (χ0) is 26.5. The predicted octanol–water partition coefficient (Wildman–Crippen LogP) is 3.93. The molecule has 2 unspecified atom stereocenters. The summed E-state index contributed by atoms with van der Waals surface area (Å²) in [4.78, 5) is 35.2. The highest BCUT2D eigenvalue weighted by molar-refractivity contribution is 6.30. The van der Waals surface area contributed by atoms with Gasteiger partial charge in [0.15, 0.2) is 0 Å². The fraction of sp³-hybridized carbons (Fsp3) is 0.308. The van der Waals surface area contributed by atoms with Crippen molar-refractivity contribution in [3.63, 3.8) is 0 Å². The number of benzene rings is 2. The number of anilines is 1. The van der Waals surface area contributed by atoms with Gasteiger partial charge >= 0.3 is 6.09 Å². The second kappa shape index (κ2) is 11.5. The van der Waals surface area contributed by atoms with E-state index in [0.29, 0.717) is 34.9 Å². The Balaban J connectivity index is 1.55. The summed E-state index contributed by atoms with van der Waals surface area (Å²) in [6.07, 6.45) is 2.75. The number of amides is 2. The number of ether oxygens (including phenoxy) is 1. The van der Waals surface area contributed by atoms with Crippen molar-refractivity contribution in [3.05, 3.63) is 76.3 Å². The lowest BCUT2D eigenvalue weighted by Crippen LogP contribution is -2.39. The predicted molar refractivity (Wildman–Crippen MR) is 137 cm³/mol. The molecule has 11 heteroatoms. The van der Waals surface area contributed by atoms with E-state index in [1.165, 1.54) is 25.3 Å². The fourth-order valence-electron chi connectivity index (χ4n) is 4.37. The molecule has 1 aromatic heterocycles. The molecule has 0 bridgehead atoms. The number of hydrogen-bond donors (Lipinski definition) is 3. The van der Waals surface area contributed by atoms with Crippen LogP contribution in [0, 0.1) is 5.82 Å². The second-order valence-electron chi connectivity index (χ2n) is 8.74. The van der Waals surface area contributed by atoms with Gasteiger partial charge < -0.3 is 25.8 Å². The zero-order valence-electron chi connectivity index (χ0n) is 20.2. The molecule has 2 heterocycles. The van der Waals surface area contributed by atoms with Crippen LogP contribution in [0.25, 0.3) is 11.3 Å². The first-order valence-electron chi connectivity index (χ1n) is 11.7. The molecular weight excluding hydrogens is 501 g/mol. The van der Waals surface area contributed by atoms with E-state index in [1.54, 1.807) is 35.4 Å². The average Bonchev–Trinajstić information content (AvgIpc) is 2.91. The number of hydrogen-bond acceptors (Lipinski definition) is 7. The Kier molecular flexibility index (Phi) is 8.20. The number of nitrogens with zero attached hydrogens (tertiary/aromatic N) is 3. The summed E-state index contributed by atoms with van der Waals surface area (Å²) < 4.78 is 19.9. The van der Waals surface area contributed by atoms with Crippen LogP contribution in [0.5, 0.6) is 0 Å². The third-order valence-electron chi connectivity index (χ3n) is 6.32. The molecule has 0 spiro atoms. The van der Waals surface area contributed by atoms with Crippen molar-refractivity contribution in [2.24, 2.45) is 0 Å². The van der Waals surface area contributed by atoms with E-state index in [0.717, 1.165) is 12.8 Å². The van der Waals surface area contributed by atoms with Crippen LogP contribution in [0.1, 0.15) is 46.4 Å². The number of rotatable bonds is 6. The van der Waals surface area contributed by atoms with Gasteiger partial charge in [-0.05, 0) is 42.7 Å². The van der Waals surface area contributed by atoms with Gasteiger partial charge in [0, 0.05) is 29.6 Å². The molecule has 0 saturated carbocycles. The van der Waals surface area contributed by atoms with E-state index in [4.69, 9.17) is 22.1 Å². The van der Waals surface area contributed by atoms with Gasteiger partial charge in [0.05, 0.1) is 37.2 Å². The van der Waals surface area contributed by atoms with Gasteiger partial charge in [0.2, 0.25) is 0 Å². The Morgan fingerprint density at radius 3 is 2.84 bits per heavy atom. The highest BCUT2D eigenvalue weighted by Gasteiger charge is 2.27. The van der Waals surface area contributed by atoms with E-state index in [-0.39, 0.29) is 29.6 Å². The largest absolute Gasteiger partial charge is 0.453 e. The van der Waals surface area contributed by atoms with Crippen molar-refractivity contribution in [1.29, 1.82) is 0 Å². The summed E-state index contributed by atoms with van der Waals surface area (Å²) in [5.41, 5.74) is 7.72. The molecule has 2 amide bonds. The molecule has 9 nitrogen and oxygen atoms in total. The Morgan fingerprint density at radius 2 is 2.14 bits per heavy atom. The molecule has 4 rings (SSSR count). The van der Waals surface area contributed by atoms with E-state index in [1.807, 2.05) is 0 Å². The number of aliphatic hydroxyl groups excluding tert-OH is 1. The first-order chi connectivity index (χ1) is 17.8. The first kappa shape index (κ1) is 26.3. The van der Waals surface area contributed by atoms with Crippen LogP contribution < -0.4 is 11.1 Å². The number of halogens is 2. The smallest absolute Gasteiger partial charge is 0.409 e. The number of likely N-dealkylation sites (tertiary alicyclic amines) is 1. The van der Waals surface area contributed by atoms with Crippen molar-refractivity contribution >= 4 is 29.4 Å². The van der Waals surface area contributed by atoms with Gasteiger partial charge in [-0.15, -0.1) is 0 Å². The molecule has 1 fully saturated rings. The van der Waals surface area contributed by atoms with Crippen molar-refractivity contribution < 1.29 is 23.8 Å². The molecule has 4 N–H and O–H groups in total. The number of nitrogen functional groups attached to an aromatic ring is 1. The molecule has 0 aliphatic carbocycles. The first-order valence-corrected chi connectivity index (χ1v) is 12.1. The number of aromatic nitrogens is 2. The highest BCUT2D eigenvalue weighted by Crippen LogP contribution is 2.30. The molecule has 0 radical (unpaired) electrons. The van der Waals surface area contributed by atoms with Gasteiger partial charge in [-0.25, -0.2) is 19.2 Å². The van der Waals surface area contributed by atoms with Crippen LogP contribution in [0.4, 0.5) is 15.0 Å². The monoisotopic (exact) mass is 527 g/mol. The van der Waals surface area contributed by atoms with Gasteiger partial charge in [-0.2, -0.15) is 0 Å². The summed E-state index contributed by atoms with van der Waals surface area (Å²) >= 11 is 6.00. The average molecular weight is 528 g/mol. The highest BCUT2D eigenvalue weighted by atomic mass is 35.5. The van der Waals surface area contributed by atoms with Gasteiger partial charge in [-0.3, -0.25) is 4.79 Å². The number of nitrogens with one attached hydrogen (secondary N) is 1. The third kappa shape index (κ3) is 5.98. The Labute approximate surface area is 218 Å². The molecule has 37 heavy (non-hydrogen) atoms. The number of carbonyl (C=O) groups excluding carboxylic acids is 2. The lowest BCUT2D eigenvalue weighted by Gasteiger charge is -2.31. The number of carbonyl (C=O) groups is 2. The lowest BCUT2D eigenvalue weighted by atomic mass is 9.95. The molecule has 1 aliphatic heterocycles. The molecule has 1 aliphatic rings. The maximum Gasteiger partial charge on any atom is 0.409 e. The Hall–Kier alpha value is -3.76. The SMILES string of the molecule is COC(=O)N1CCCC(c2cnc(N)c(-c3ccc(C(=O)NC(CO)c4cccc(Cl)c4)c(F)c3)n2)C1. The van der Waals surface area contributed by atoms with Crippen LogP contribution in [0.3, 0.4) is 0 Å². The minimum Gasteiger partial charge on any atom is -0.453 e. The van der Waals surface area contributed by atoms with Gasteiger partial charge in [-0.1, -0.05) is 29.8 Å². The third-order valence-corrected chi connectivity index (χ3v) is 6.55. The quantitative estimate of drug-likeness (QED) is 0.442. The van der Waals surface area contributed by atoms with Crippen LogP contribution in [0.2, 0.25) is 5.02 Å². The number of methoxy groups -OCH3 is 1. The molecule has 2 atom stereocenters. The minimum absolute atomic E-state index is 0.0727. The van der Waals surface area contributed by atoms with Crippen LogP contribution in [0.15, 0.2) is 48.7 Å². The summed E-state index contributed by atoms with van der Waals surface area (Å²) in [5, 5.41) is 12.8. The zero-order valence-corrected chi connectivity index (χ0v) is 20.9. The summed E-state index contributed by atoms with van der Waals surface area (Å²) in [5.74, 6) is -1.43. The van der Waals surface area contributed by atoms with Gasteiger partial charge in [0.1, 0.15) is 17.3 Å². The van der Waals surface area contributed by atoms with E-state index in [2.05, 4.69) is 15.3 Å². The fourth-order valence-corrected chi connectivity index (χ4v) is 4.57. The topological polar surface area (TPSA) is 131 Å². The molecule has 1 saturated heterocycles. The summed E-state index contributed by atoms with van der Waals surface area (Å²) in [7, 11) is 1.34. The number of aliphatic hydroxyl groups is 1. The summed E-state index contributed by atoms with van der Waals surface area (Å²) in [6.45, 7) is 0.637. The van der Waals surface area contributed by atoms with E-state index >= 15 is 4.39 Å².